The highest BCUT2D eigenvalue weighted by Gasteiger charge is 2.31. The molecule has 0 saturated carbocycles. The third-order valence-electron chi connectivity index (χ3n) is 2.12. The zero-order valence-electron chi connectivity index (χ0n) is 10.7. The summed E-state index contributed by atoms with van der Waals surface area (Å²) in [7, 11) is 0. The maximum atomic E-state index is 5.67. The van der Waals surface area contributed by atoms with E-state index in [2.05, 4.69) is 36.2 Å². The van der Waals surface area contributed by atoms with Gasteiger partial charge in [-0.2, -0.15) is 4.98 Å². The summed E-state index contributed by atoms with van der Waals surface area (Å²) in [5, 5.41) is 6.93. The van der Waals surface area contributed by atoms with Crippen LogP contribution in [0.1, 0.15) is 46.5 Å². The maximum Gasteiger partial charge on any atom is 0.321 e. The lowest BCUT2D eigenvalue weighted by molar-refractivity contribution is -0.0203. The van der Waals surface area contributed by atoms with Gasteiger partial charge in [-0.1, -0.05) is 25.9 Å². The molecule has 5 nitrogen and oxygen atoms in total. The van der Waals surface area contributed by atoms with Crippen molar-refractivity contribution < 1.29 is 9.26 Å². The van der Waals surface area contributed by atoms with Crippen molar-refractivity contribution in [3.05, 3.63) is 5.82 Å². The van der Waals surface area contributed by atoms with Gasteiger partial charge in [-0.05, 0) is 19.3 Å². The van der Waals surface area contributed by atoms with Crippen molar-refractivity contribution >= 4 is 6.01 Å². The monoisotopic (exact) mass is 227 g/mol. The van der Waals surface area contributed by atoms with E-state index in [-0.39, 0.29) is 11.5 Å². The molecule has 0 aliphatic rings. The molecule has 16 heavy (non-hydrogen) atoms. The summed E-state index contributed by atoms with van der Waals surface area (Å²) >= 11 is 0. The highest BCUT2D eigenvalue weighted by atomic mass is 16.5. The second-order valence-corrected chi connectivity index (χ2v) is 4.69. The Balaban J connectivity index is 2.84. The topological polar surface area (TPSA) is 60.2 Å². The first-order valence-corrected chi connectivity index (χ1v) is 5.68. The third-order valence-corrected chi connectivity index (χ3v) is 2.12. The molecule has 0 saturated heterocycles. The van der Waals surface area contributed by atoms with Gasteiger partial charge in [-0.3, -0.25) is 0 Å². The van der Waals surface area contributed by atoms with Crippen LogP contribution in [0.3, 0.4) is 0 Å². The van der Waals surface area contributed by atoms with Crippen molar-refractivity contribution in [2.24, 2.45) is 5.41 Å². The zero-order valence-corrected chi connectivity index (χ0v) is 10.7. The van der Waals surface area contributed by atoms with E-state index in [4.69, 9.17) is 9.26 Å². The summed E-state index contributed by atoms with van der Waals surface area (Å²) in [6.07, 6.45) is -0.145. The minimum atomic E-state index is -0.145. The van der Waals surface area contributed by atoms with Crippen LogP contribution in [0.4, 0.5) is 6.01 Å². The Kier molecular flexibility index (Phi) is 4.29. The molecule has 1 aromatic rings. The van der Waals surface area contributed by atoms with E-state index >= 15 is 0 Å². The lowest BCUT2D eigenvalue weighted by Gasteiger charge is -2.27. The van der Waals surface area contributed by atoms with Gasteiger partial charge >= 0.3 is 6.01 Å². The van der Waals surface area contributed by atoms with Crippen LogP contribution >= 0.6 is 0 Å². The fourth-order valence-corrected chi connectivity index (χ4v) is 1.44. The molecule has 0 aliphatic carbocycles. The second kappa shape index (κ2) is 5.30. The van der Waals surface area contributed by atoms with Gasteiger partial charge in [-0.25, -0.2) is 0 Å². The van der Waals surface area contributed by atoms with E-state index < -0.39 is 0 Å². The predicted molar refractivity (Wildman–Crippen MR) is 62.3 cm³/mol. The Morgan fingerprint density at radius 2 is 2.06 bits per heavy atom. The number of anilines is 1. The molecule has 0 spiro atoms. The zero-order chi connectivity index (χ0) is 12.2. The first-order valence-electron chi connectivity index (χ1n) is 5.68. The summed E-state index contributed by atoms with van der Waals surface area (Å²) in [6.45, 7) is 11.6. The summed E-state index contributed by atoms with van der Waals surface area (Å²) in [6, 6.07) is 0.450. The van der Waals surface area contributed by atoms with Crippen LogP contribution in [0, 0.1) is 5.41 Å². The van der Waals surface area contributed by atoms with E-state index in [0.29, 0.717) is 18.4 Å². The average Bonchev–Trinajstić information content (AvgIpc) is 2.61. The Morgan fingerprint density at radius 1 is 1.38 bits per heavy atom. The molecule has 1 heterocycles. The van der Waals surface area contributed by atoms with Crippen molar-refractivity contribution in [1.82, 2.24) is 10.1 Å². The van der Waals surface area contributed by atoms with Gasteiger partial charge in [0.25, 0.3) is 0 Å². The molecular formula is C11H21N3O2. The Labute approximate surface area is 96.6 Å². The molecule has 0 amide bonds. The van der Waals surface area contributed by atoms with Crippen molar-refractivity contribution in [2.75, 3.05) is 18.5 Å². The molecule has 0 aliphatic heterocycles. The Morgan fingerprint density at radius 3 is 2.56 bits per heavy atom. The van der Waals surface area contributed by atoms with E-state index in [0.717, 1.165) is 6.54 Å². The highest BCUT2D eigenvalue weighted by molar-refractivity contribution is 5.18. The summed E-state index contributed by atoms with van der Waals surface area (Å²) < 4.78 is 10.7. The Bertz CT molecular complexity index is 317. The molecule has 0 aromatic carbocycles. The van der Waals surface area contributed by atoms with Crippen molar-refractivity contribution in [3.8, 4) is 0 Å². The van der Waals surface area contributed by atoms with Crippen LogP contribution in [-0.2, 0) is 4.74 Å². The van der Waals surface area contributed by atoms with Crippen molar-refractivity contribution in [2.45, 2.75) is 40.7 Å². The van der Waals surface area contributed by atoms with Crippen molar-refractivity contribution in [3.63, 3.8) is 0 Å². The third kappa shape index (κ3) is 3.20. The van der Waals surface area contributed by atoms with Crippen LogP contribution in [0.25, 0.3) is 0 Å². The molecule has 0 radical (unpaired) electrons. The maximum absolute atomic E-state index is 5.67. The fourth-order valence-electron chi connectivity index (χ4n) is 1.44. The molecule has 0 bridgehead atoms. The molecule has 1 atom stereocenters. The van der Waals surface area contributed by atoms with Crippen molar-refractivity contribution in [1.29, 1.82) is 0 Å². The van der Waals surface area contributed by atoms with Crippen LogP contribution < -0.4 is 5.32 Å². The molecule has 1 unspecified atom stereocenters. The van der Waals surface area contributed by atoms with Gasteiger partial charge in [0.1, 0.15) is 6.10 Å². The molecule has 92 valence electrons. The lowest BCUT2D eigenvalue weighted by Crippen LogP contribution is -2.22. The largest absolute Gasteiger partial charge is 0.370 e. The standard InChI is InChI=1S/C11H21N3O2/c1-6-12-10-13-9(14-16-10)8(15-7-2)11(3,4)5/h8H,6-7H2,1-5H3,(H,12,13,14). The first kappa shape index (κ1) is 13.0. The molecule has 0 fully saturated rings. The van der Waals surface area contributed by atoms with Gasteiger partial charge < -0.3 is 14.6 Å². The van der Waals surface area contributed by atoms with Crippen LogP contribution in [-0.4, -0.2) is 23.3 Å². The lowest BCUT2D eigenvalue weighted by atomic mass is 9.88. The number of nitrogens with zero attached hydrogens (tertiary/aromatic N) is 2. The molecule has 1 N–H and O–H groups in total. The second-order valence-electron chi connectivity index (χ2n) is 4.69. The van der Waals surface area contributed by atoms with Gasteiger partial charge in [0.15, 0.2) is 0 Å². The number of rotatable bonds is 5. The van der Waals surface area contributed by atoms with Gasteiger partial charge in [0.05, 0.1) is 0 Å². The van der Waals surface area contributed by atoms with Gasteiger partial charge in [0, 0.05) is 13.2 Å². The molecule has 1 aromatic heterocycles. The SMILES string of the molecule is CCNc1nc(C(OCC)C(C)(C)C)no1. The normalized spacial score (nSPS) is 13.8. The number of nitrogens with one attached hydrogen (secondary N) is 1. The molecule has 1 rings (SSSR count). The fraction of sp³-hybridized carbons (Fsp3) is 0.818. The number of hydrogen-bond donors (Lipinski definition) is 1. The summed E-state index contributed by atoms with van der Waals surface area (Å²) in [5.74, 6) is 0.602. The highest BCUT2D eigenvalue weighted by Crippen LogP contribution is 2.34. The van der Waals surface area contributed by atoms with E-state index in [1.807, 2.05) is 13.8 Å². The van der Waals surface area contributed by atoms with E-state index in [1.54, 1.807) is 0 Å². The van der Waals surface area contributed by atoms with Crippen LogP contribution in [0.15, 0.2) is 4.52 Å². The quantitative estimate of drug-likeness (QED) is 0.837. The van der Waals surface area contributed by atoms with E-state index in [1.165, 1.54) is 0 Å². The molecule has 5 heteroatoms. The first-order chi connectivity index (χ1) is 7.49. The average molecular weight is 227 g/mol. The minimum absolute atomic E-state index is 0.0522. The minimum Gasteiger partial charge on any atom is -0.370 e. The predicted octanol–water partition coefficient (Wildman–Crippen LogP) is 2.63. The smallest absolute Gasteiger partial charge is 0.321 e. The van der Waals surface area contributed by atoms with Gasteiger partial charge in [0.2, 0.25) is 5.82 Å². The van der Waals surface area contributed by atoms with Crippen LogP contribution in [0.5, 0.6) is 0 Å². The number of ether oxygens (including phenoxy) is 1. The summed E-state index contributed by atoms with van der Waals surface area (Å²) in [5.41, 5.74) is -0.0522. The summed E-state index contributed by atoms with van der Waals surface area (Å²) in [4.78, 5) is 4.27. The number of aromatic nitrogens is 2. The Hall–Kier alpha value is -1.10. The van der Waals surface area contributed by atoms with E-state index in [9.17, 15) is 0 Å². The number of hydrogen-bond acceptors (Lipinski definition) is 5. The van der Waals surface area contributed by atoms with Gasteiger partial charge in [-0.15, -0.1) is 0 Å². The molecular weight excluding hydrogens is 206 g/mol. The van der Waals surface area contributed by atoms with Crippen LogP contribution in [0.2, 0.25) is 0 Å².